The molecule has 2 aliphatic rings. The fraction of sp³-hybridized carbons (Fsp3) is 0.318. The average molecular weight is 396 g/mol. The van der Waals surface area contributed by atoms with E-state index in [1.807, 2.05) is 54.6 Å². The minimum atomic E-state index is -0.189. The van der Waals surface area contributed by atoms with Gasteiger partial charge in [0.25, 0.3) is 5.91 Å². The summed E-state index contributed by atoms with van der Waals surface area (Å²) >= 11 is 5.98. The lowest BCUT2D eigenvalue weighted by Gasteiger charge is -2.24. The molecule has 1 saturated carbocycles. The summed E-state index contributed by atoms with van der Waals surface area (Å²) in [6, 6.07) is 17.5. The maximum Gasteiger partial charge on any atom is 0.267 e. The zero-order valence-corrected chi connectivity index (χ0v) is 16.3. The minimum Gasteiger partial charge on any atom is -0.350 e. The van der Waals surface area contributed by atoms with Crippen molar-refractivity contribution >= 4 is 29.1 Å². The normalized spacial score (nSPS) is 17.8. The van der Waals surface area contributed by atoms with E-state index in [-0.39, 0.29) is 17.2 Å². The van der Waals surface area contributed by atoms with Crippen molar-refractivity contribution < 1.29 is 9.59 Å². The van der Waals surface area contributed by atoms with E-state index in [9.17, 15) is 9.59 Å². The Balaban J connectivity index is 1.40. The van der Waals surface area contributed by atoms with Gasteiger partial charge in [-0.1, -0.05) is 54.1 Å². The SMILES string of the molecule is O=C(NCC1(c2ccc(Cl)cc2)CC1)C1=NN(Cc2ccccc2)C(=O)CC1. The predicted molar refractivity (Wildman–Crippen MR) is 109 cm³/mol. The van der Waals surface area contributed by atoms with Gasteiger partial charge < -0.3 is 5.32 Å². The Morgan fingerprint density at radius 3 is 2.46 bits per heavy atom. The molecule has 0 bridgehead atoms. The van der Waals surface area contributed by atoms with Crippen LogP contribution in [0.4, 0.5) is 0 Å². The smallest absolute Gasteiger partial charge is 0.267 e. The largest absolute Gasteiger partial charge is 0.350 e. The summed E-state index contributed by atoms with van der Waals surface area (Å²) in [7, 11) is 0. The first kappa shape index (κ1) is 18.7. The van der Waals surface area contributed by atoms with E-state index in [1.165, 1.54) is 10.6 Å². The molecule has 144 valence electrons. The quantitative estimate of drug-likeness (QED) is 0.811. The van der Waals surface area contributed by atoms with Gasteiger partial charge in [-0.05, 0) is 36.1 Å². The Morgan fingerprint density at radius 2 is 1.79 bits per heavy atom. The summed E-state index contributed by atoms with van der Waals surface area (Å²) in [5.41, 5.74) is 2.60. The van der Waals surface area contributed by atoms with Crippen molar-refractivity contribution in [2.45, 2.75) is 37.6 Å². The van der Waals surface area contributed by atoms with Gasteiger partial charge in [0.15, 0.2) is 0 Å². The molecule has 0 atom stereocenters. The van der Waals surface area contributed by atoms with Crippen molar-refractivity contribution in [2.75, 3.05) is 6.54 Å². The number of hydrogen-bond donors (Lipinski definition) is 1. The summed E-state index contributed by atoms with van der Waals surface area (Å²) in [4.78, 5) is 24.8. The van der Waals surface area contributed by atoms with E-state index >= 15 is 0 Å². The van der Waals surface area contributed by atoms with Gasteiger partial charge in [0.2, 0.25) is 5.91 Å². The number of carbonyl (C=O) groups excluding carboxylic acids is 2. The molecule has 0 radical (unpaired) electrons. The second-order valence-corrected chi connectivity index (χ2v) is 7.89. The van der Waals surface area contributed by atoms with Crippen molar-refractivity contribution in [2.24, 2.45) is 5.10 Å². The molecule has 1 aliphatic carbocycles. The minimum absolute atomic E-state index is 0.00494. The summed E-state index contributed by atoms with van der Waals surface area (Å²) in [6.07, 6.45) is 2.77. The van der Waals surface area contributed by atoms with Crippen molar-refractivity contribution in [3.8, 4) is 0 Å². The summed E-state index contributed by atoms with van der Waals surface area (Å²) in [5, 5.41) is 9.48. The highest BCUT2D eigenvalue weighted by molar-refractivity contribution is 6.39. The monoisotopic (exact) mass is 395 g/mol. The number of amides is 2. The average Bonchev–Trinajstić information content (AvgIpc) is 3.50. The molecule has 0 aromatic heterocycles. The van der Waals surface area contributed by atoms with Crippen molar-refractivity contribution in [3.63, 3.8) is 0 Å². The number of carbonyl (C=O) groups is 2. The third-order valence-electron chi connectivity index (χ3n) is 5.44. The summed E-state index contributed by atoms with van der Waals surface area (Å²) in [6.45, 7) is 0.949. The third kappa shape index (κ3) is 4.09. The summed E-state index contributed by atoms with van der Waals surface area (Å²) in [5.74, 6) is -0.244. The number of benzene rings is 2. The molecule has 0 saturated heterocycles. The van der Waals surface area contributed by atoms with Crippen LogP contribution in [0.1, 0.15) is 36.8 Å². The number of hydrazone groups is 1. The number of rotatable bonds is 6. The molecule has 2 amide bonds. The van der Waals surface area contributed by atoms with Crippen LogP contribution in [0, 0.1) is 0 Å². The van der Waals surface area contributed by atoms with Gasteiger partial charge in [0, 0.05) is 29.8 Å². The molecule has 5 nitrogen and oxygen atoms in total. The van der Waals surface area contributed by atoms with Crippen LogP contribution in [-0.2, 0) is 21.5 Å². The molecule has 6 heteroatoms. The number of nitrogens with zero attached hydrogens (tertiary/aromatic N) is 2. The fourth-order valence-electron chi connectivity index (χ4n) is 3.52. The first-order chi connectivity index (χ1) is 13.6. The zero-order chi connectivity index (χ0) is 19.6. The Morgan fingerprint density at radius 1 is 1.07 bits per heavy atom. The van der Waals surface area contributed by atoms with E-state index in [4.69, 9.17) is 11.6 Å². The first-order valence-corrected chi connectivity index (χ1v) is 9.90. The van der Waals surface area contributed by atoms with Gasteiger partial charge in [-0.3, -0.25) is 9.59 Å². The van der Waals surface area contributed by atoms with Crippen LogP contribution in [0.5, 0.6) is 0 Å². The highest BCUT2D eigenvalue weighted by Gasteiger charge is 2.44. The van der Waals surface area contributed by atoms with Crippen LogP contribution in [0.3, 0.4) is 0 Å². The maximum absolute atomic E-state index is 12.7. The van der Waals surface area contributed by atoms with Gasteiger partial charge >= 0.3 is 0 Å². The molecule has 0 unspecified atom stereocenters. The van der Waals surface area contributed by atoms with Crippen LogP contribution in [0.15, 0.2) is 59.7 Å². The Kier molecular flexibility index (Phi) is 5.18. The predicted octanol–water partition coefficient (Wildman–Crippen LogP) is 3.67. The first-order valence-electron chi connectivity index (χ1n) is 9.52. The standard InChI is InChI=1S/C22H22ClN3O2/c23-18-8-6-17(7-9-18)22(12-13-22)15-24-21(28)19-10-11-20(27)26(25-19)14-16-4-2-1-3-5-16/h1-9H,10-15H2,(H,24,28). The zero-order valence-electron chi connectivity index (χ0n) is 15.5. The second kappa shape index (κ2) is 7.76. The van der Waals surface area contributed by atoms with Gasteiger partial charge in [-0.25, -0.2) is 5.01 Å². The molecule has 2 aromatic rings. The van der Waals surface area contributed by atoms with E-state index in [2.05, 4.69) is 10.4 Å². The van der Waals surface area contributed by atoms with E-state index < -0.39 is 0 Å². The van der Waals surface area contributed by atoms with Crippen molar-refractivity contribution in [1.82, 2.24) is 10.3 Å². The summed E-state index contributed by atoms with van der Waals surface area (Å²) < 4.78 is 0. The fourth-order valence-corrected chi connectivity index (χ4v) is 3.64. The number of nitrogens with one attached hydrogen (secondary N) is 1. The molecule has 28 heavy (non-hydrogen) atoms. The van der Waals surface area contributed by atoms with E-state index in [0.717, 1.165) is 18.4 Å². The van der Waals surface area contributed by atoms with Crippen molar-refractivity contribution in [3.05, 3.63) is 70.7 Å². The molecule has 1 fully saturated rings. The van der Waals surface area contributed by atoms with Gasteiger partial charge in [0.1, 0.15) is 5.71 Å². The molecular formula is C22H22ClN3O2. The molecule has 1 heterocycles. The molecule has 2 aromatic carbocycles. The second-order valence-electron chi connectivity index (χ2n) is 7.45. The molecule has 4 rings (SSSR count). The van der Waals surface area contributed by atoms with Crippen LogP contribution < -0.4 is 5.32 Å². The van der Waals surface area contributed by atoms with Crippen LogP contribution in [0.25, 0.3) is 0 Å². The Bertz CT molecular complexity index is 905. The lowest BCUT2D eigenvalue weighted by Crippen LogP contribution is -2.41. The molecule has 0 spiro atoms. The molecular weight excluding hydrogens is 374 g/mol. The van der Waals surface area contributed by atoms with Crippen LogP contribution in [-0.4, -0.2) is 29.1 Å². The van der Waals surface area contributed by atoms with Crippen molar-refractivity contribution in [1.29, 1.82) is 0 Å². The molecule has 1 aliphatic heterocycles. The third-order valence-corrected chi connectivity index (χ3v) is 5.69. The maximum atomic E-state index is 12.7. The number of halogens is 1. The lowest BCUT2D eigenvalue weighted by molar-refractivity contribution is -0.132. The van der Waals surface area contributed by atoms with E-state index in [0.29, 0.717) is 36.7 Å². The van der Waals surface area contributed by atoms with E-state index in [1.54, 1.807) is 0 Å². The highest BCUT2D eigenvalue weighted by Crippen LogP contribution is 2.47. The lowest BCUT2D eigenvalue weighted by atomic mass is 9.96. The number of hydrogen-bond acceptors (Lipinski definition) is 3. The molecule has 1 N–H and O–H groups in total. The Hall–Kier alpha value is -2.66. The topological polar surface area (TPSA) is 61.8 Å². The van der Waals surface area contributed by atoms with Gasteiger partial charge in [0.05, 0.1) is 6.54 Å². The van der Waals surface area contributed by atoms with Crippen LogP contribution >= 0.6 is 11.6 Å². The van der Waals surface area contributed by atoms with Gasteiger partial charge in [-0.2, -0.15) is 5.10 Å². The van der Waals surface area contributed by atoms with Crippen LogP contribution in [0.2, 0.25) is 5.02 Å². The Labute approximate surface area is 169 Å². The highest BCUT2D eigenvalue weighted by atomic mass is 35.5. The van der Waals surface area contributed by atoms with Gasteiger partial charge in [-0.15, -0.1) is 0 Å².